The smallest absolute Gasteiger partial charge is 0.262 e. The van der Waals surface area contributed by atoms with E-state index < -0.39 is 6.04 Å². The summed E-state index contributed by atoms with van der Waals surface area (Å²) in [6.07, 6.45) is 11.9. The Morgan fingerprint density at radius 2 is 2.06 bits per heavy atom. The van der Waals surface area contributed by atoms with E-state index in [1.54, 1.807) is 36.5 Å². The second kappa shape index (κ2) is 11.0. The molecule has 0 radical (unpaired) electrons. The number of nitrogens with one attached hydrogen (secondary N) is 2. The summed E-state index contributed by atoms with van der Waals surface area (Å²) < 4.78 is 1.63. The third kappa shape index (κ3) is 6.36. The van der Waals surface area contributed by atoms with Gasteiger partial charge in [0.25, 0.3) is 5.91 Å². The van der Waals surface area contributed by atoms with Gasteiger partial charge in [-0.3, -0.25) is 19.3 Å². The molecule has 3 aromatic heterocycles. The van der Waals surface area contributed by atoms with Crippen molar-refractivity contribution in [2.24, 2.45) is 13.0 Å². The summed E-state index contributed by atoms with van der Waals surface area (Å²) in [5.41, 5.74) is 1.52. The standard InChI is InChI=1S/C24H29ClN6O2S/c1-30(19-10-17(25)11-26-13-19)15-20-7-8-22(34-20)24(33)29-21(9-16-5-3-4-6-16)23(32)28-18-12-27-31(2)14-18/h7-8,10-14,16,21H,3-6,9,15H2,1-2H3,(H,28,32)(H,29,33)/t21-/m0/s1. The number of carbonyl (C=O) groups excluding carboxylic acids is 2. The second-order valence-corrected chi connectivity index (χ2v) is 10.4. The maximum atomic E-state index is 13.1. The Morgan fingerprint density at radius 3 is 2.76 bits per heavy atom. The van der Waals surface area contributed by atoms with Gasteiger partial charge in [0.05, 0.1) is 40.2 Å². The molecular weight excluding hydrogens is 472 g/mol. The minimum absolute atomic E-state index is 0.210. The van der Waals surface area contributed by atoms with Gasteiger partial charge in [-0.2, -0.15) is 5.10 Å². The van der Waals surface area contributed by atoms with Crippen molar-refractivity contribution in [1.29, 1.82) is 0 Å². The Bertz CT molecular complexity index is 1140. The van der Waals surface area contributed by atoms with Crippen molar-refractivity contribution < 1.29 is 9.59 Å². The highest BCUT2D eigenvalue weighted by atomic mass is 35.5. The first-order valence-corrected chi connectivity index (χ1v) is 12.6. The molecule has 1 aliphatic rings. The van der Waals surface area contributed by atoms with Crippen LogP contribution < -0.4 is 15.5 Å². The molecule has 8 nitrogen and oxygen atoms in total. The number of carbonyl (C=O) groups is 2. The predicted molar refractivity (Wildman–Crippen MR) is 135 cm³/mol. The van der Waals surface area contributed by atoms with Gasteiger partial charge in [0.1, 0.15) is 6.04 Å². The van der Waals surface area contributed by atoms with E-state index in [1.165, 1.54) is 24.2 Å². The van der Waals surface area contributed by atoms with Gasteiger partial charge in [0, 0.05) is 31.4 Å². The fourth-order valence-electron chi connectivity index (χ4n) is 4.27. The number of aryl methyl sites for hydroxylation is 1. The number of halogens is 1. The monoisotopic (exact) mass is 500 g/mol. The molecule has 0 spiro atoms. The van der Waals surface area contributed by atoms with Gasteiger partial charge in [-0.05, 0) is 30.5 Å². The van der Waals surface area contributed by atoms with Crippen molar-refractivity contribution in [2.75, 3.05) is 17.3 Å². The highest BCUT2D eigenvalue weighted by Gasteiger charge is 2.27. The van der Waals surface area contributed by atoms with Gasteiger partial charge in [0.2, 0.25) is 5.91 Å². The number of anilines is 2. The molecule has 0 unspecified atom stereocenters. The zero-order chi connectivity index (χ0) is 24.1. The minimum atomic E-state index is -0.596. The zero-order valence-corrected chi connectivity index (χ0v) is 20.9. The minimum Gasteiger partial charge on any atom is -0.368 e. The molecule has 180 valence electrons. The van der Waals surface area contributed by atoms with Gasteiger partial charge < -0.3 is 15.5 Å². The van der Waals surface area contributed by atoms with E-state index in [9.17, 15) is 9.59 Å². The fourth-order valence-corrected chi connectivity index (χ4v) is 5.41. The fraction of sp³-hybridized carbons (Fsp3) is 0.417. The Balaban J connectivity index is 1.41. The summed E-state index contributed by atoms with van der Waals surface area (Å²) in [5.74, 6) is 0.00896. The Kier molecular flexibility index (Phi) is 7.84. The van der Waals surface area contributed by atoms with E-state index in [1.807, 2.05) is 30.1 Å². The molecule has 2 amide bonds. The summed E-state index contributed by atoms with van der Waals surface area (Å²) in [4.78, 5) is 33.9. The molecular formula is C24H29ClN6O2S. The number of rotatable bonds is 9. The molecule has 4 rings (SSSR count). The number of hydrogen-bond acceptors (Lipinski definition) is 6. The van der Waals surface area contributed by atoms with E-state index in [0.717, 1.165) is 23.4 Å². The molecule has 1 atom stereocenters. The summed E-state index contributed by atoms with van der Waals surface area (Å²) in [5, 5.41) is 10.5. The van der Waals surface area contributed by atoms with Crippen LogP contribution in [0.2, 0.25) is 5.02 Å². The topological polar surface area (TPSA) is 92.2 Å². The van der Waals surface area contributed by atoms with Crippen molar-refractivity contribution in [2.45, 2.75) is 44.7 Å². The lowest BCUT2D eigenvalue weighted by Crippen LogP contribution is -2.44. The van der Waals surface area contributed by atoms with E-state index in [2.05, 4.69) is 20.7 Å². The molecule has 10 heteroatoms. The van der Waals surface area contributed by atoms with Crippen LogP contribution in [0.25, 0.3) is 0 Å². The van der Waals surface area contributed by atoms with Crippen LogP contribution in [-0.4, -0.2) is 39.7 Å². The first-order valence-electron chi connectivity index (χ1n) is 11.4. The highest BCUT2D eigenvalue weighted by Crippen LogP contribution is 2.29. The van der Waals surface area contributed by atoms with Crippen LogP contribution in [-0.2, 0) is 18.4 Å². The van der Waals surface area contributed by atoms with Gasteiger partial charge in [0.15, 0.2) is 0 Å². The number of amides is 2. The van der Waals surface area contributed by atoms with Gasteiger partial charge in [-0.1, -0.05) is 37.3 Å². The van der Waals surface area contributed by atoms with Gasteiger partial charge in [-0.15, -0.1) is 11.3 Å². The molecule has 34 heavy (non-hydrogen) atoms. The first kappa shape index (κ1) is 24.2. The number of pyridine rings is 1. The maximum absolute atomic E-state index is 13.1. The largest absolute Gasteiger partial charge is 0.368 e. The van der Waals surface area contributed by atoms with E-state index >= 15 is 0 Å². The van der Waals surface area contributed by atoms with Crippen LogP contribution in [0.5, 0.6) is 0 Å². The summed E-state index contributed by atoms with van der Waals surface area (Å²) in [6.45, 7) is 0.618. The third-order valence-corrected chi connectivity index (χ3v) is 7.32. The number of hydrogen-bond donors (Lipinski definition) is 2. The van der Waals surface area contributed by atoms with Crippen LogP contribution in [0.3, 0.4) is 0 Å². The average Bonchev–Trinajstić information content (AvgIpc) is 3.56. The van der Waals surface area contributed by atoms with Gasteiger partial charge in [-0.25, -0.2) is 0 Å². The first-order chi connectivity index (χ1) is 16.4. The predicted octanol–water partition coefficient (Wildman–Crippen LogP) is 4.48. The summed E-state index contributed by atoms with van der Waals surface area (Å²) >= 11 is 7.47. The quantitative estimate of drug-likeness (QED) is 0.452. The lowest BCUT2D eigenvalue weighted by atomic mass is 9.97. The number of nitrogens with zero attached hydrogens (tertiary/aromatic N) is 4. The van der Waals surface area contributed by atoms with Crippen molar-refractivity contribution in [1.82, 2.24) is 20.1 Å². The molecule has 1 saturated carbocycles. The van der Waals surface area contributed by atoms with Crippen LogP contribution >= 0.6 is 22.9 Å². The molecule has 0 aromatic carbocycles. The number of thiophene rings is 1. The third-order valence-electron chi connectivity index (χ3n) is 6.05. The maximum Gasteiger partial charge on any atom is 0.262 e. The molecule has 1 fully saturated rings. The molecule has 3 aromatic rings. The van der Waals surface area contributed by atoms with E-state index in [-0.39, 0.29) is 11.8 Å². The lowest BCUT2D eigenvalue weighted by molar-refractivity contribution is -0.118. The van der Waals surface area contributed by atoms with Crippen molar-refractivity contribution in [3.63, 3.8) is 0 Å². The van der Waals surface area contributed by atoms with Crippen LogP contribution in [0.15, 0.2) is 43.0 Å². The summed E-state index contributed by atoms with van der Waals surface area (Å²) in [6, 6.07) is 5.01. The molecule has 1 aliphatic carbocycles. The van der Waals surface area contributed by atoms with Crippen molar-refractivity contribution in [3.8, 4) is 0 Å². The van der Waals surface area contributed by atoms with E-state index in [4.69, 9.17) is 11.6 Å². The second-order valence-electron chi connectivity index (χ2n) is 8.79. The van der Waals surface area contributed by atoms with E-state index in [0.29, 0.717) is 34.5 Å². The van der Waals surface area contributed by atoms with Crippen molar-refractivity contribution in [3.05, 3.63) is 57.8 Å². The van der Waals surface area contributed by atoms with Crippen LogP contribution in [0.1, 0.15) is 46.7 Å². The van der Waals surface area contributed by atoms with Crippen molar-refractivity contribution >= 4 is 46.1 Å². The number of aromatic nitrogens is 3. The SMILES string of the molecule is CN(Cc1ccc(C(=O)N[C@@H](CC2CCCC2)C(=O)Nc2cnn(C)c2)s1)c1cncc(Cl)c1. The molecule has 3 heterocycles. The van der Waals surface area contributed by atoms with Crippen LogP contribution in [0, 0.1) is 5.92 Å². The molecule has 0 saturated heterocycles. The Morgan fingerprint density at radius 1 is 1.26 bits per heavy atom. The molecule has 0 aliphatic heterocycles. The summed E-state index contributed by atoms with van der Waals surface area (Å²) in [7, 11) is 3.75. The Labute approximate surface area is 208 Å². The molecule has 2 N–H and O–H groups in total. The average molecular weight is 501 g/mol. The highest BCUT2D eigenvalue weighted by molar-refractivity contribution is 7.14. The van der Waals surface area contributed by atoms with Crippen LogP contribution in [0.4, 0.5) is 11.4 Å². The Hall–Kier alpha value is -2.91. The van der Waals surface area contributed by atoms with Gasteiger partial charge >= 0.3 is 0 Å². The lowest BCUT2D eigenvalue weighted by Gasteiger charge is -2.21. The molecule has 0 bridgehead atoms. The zero-order valence-electron chi connectivity index (χ0n) is 19.3. The normalized spacial score (nSPS) is 14.7.